The standard InChI is InChI=1S/C19H21ClN2O5S2/c1-28-12-11-17(22-29(25,26)16-9-7-14(20)8-10-16)19(24)27-13-18(23)21-15-5-3-2-4-6-15/h2-10,17,22H,11-13H2,1H3,(H,21,23). The zero-order valence-corrected chi connectivity index (χ0v) is 18.0. The molecule has 0 heterocycles. The van der Waals surface area contributed by atoms with E-state index in [2.05, 4.69) is 10.0 Å². The molecular weight excluding hydrogens is 436 g/mol. The molecule has 2 N–H and O–H groups in total. The fraction of sp³-hybridized carbons (Fsp3) is 0.263. The predicted molar refractivity (Wildman–Crippen MR) is 115 cm³/mol. The Kier molecular flexibility index (Phi) is 8.97. The van der Waals surface area contributed by atoms with Crippen molar-refractivity contribution in [3.8, 4) is 0 Å². The Balaban J connectivity index is 1.99. The Hall–Kier alpha value is -2.07. The maximum Gasteiger partial charge on any atom is 0.324 e. The van der Waals surface area contributed by atoms with Gasteiger partial charge in [0.2, 0.25) is 10.0 Å². The van der Waals surface area contributed by atoms with Crippen LogP contribution in [0.2, 0.25) is 5.02 Å². The molecule has 0 saturated heterocycles. The highest BCUT2D eigenvalue weighted by Crippen LogP contribution is 2.15. The number of nitrogens with one attached hydrogen (secondary N) is 2. The van der Waals surface area contributed by atoms with E-state index >= 15 is 0 Å². The van der Waals surface area contributed by atoms with Crippen LogP contribution in [0.25, 0.3) is 0 Å². The number of hydrogen-bond donors (Lipinski definition) is 2. The van der Waals surface area contributed by atoms with Gasteiger partial charge in [0.05, 0.1) is 4.90 Å². The van der Waals surface area contributed by atoms with E-state index in [1.165, 1.54) is 36.0 Å². The zero-order valence-electron chi connectivity index (χ0n) is 15.6. The summed E-state index contributed by atoms with van der Waals surface area (Å²) in [6.07, 6.45) is 2.05. The first-order chi connectivity index (χ1) is 13.8. The Labute approximate surface area is 179 Å². The molecule has 0 bridgehead atoms. The van der Waals surface area contributed by atoms with Crippen molar-refractivity contribution in [1.29, 1.82) is 0 Å². The smallest absolute Gasteiger partial charge is 0.324 e. The van der Waals surface area contributed by atoms with Crippen molar-refractivity contribution < 1.29 is 22.7 Å². The summed E-state index contributed by atoms with van der Waals surface area (Å²) in [5, 5.41) is 2.98. The quantitative estimate of drug-likeness (QED) is 0.533. The molecule has 0 fully saturated rings. The van der Waals surface area contributed by atoms with Gasteiger partial charge in [-0.1, -0.05) is 29.8 Å². The number of amides is 1. The van der Waals surface area contributed by atoms with E-state index < -0.39 is 34.5 Å². The van der Waals surface area contributed by atoms with Crippen molar-refractivity contribution in [3.05, 3.63) is 59.6 Å². The van der Waals surface area contributed by atoms with Gasteiger partial charge >= 0.3 is 5.97 Å². The largest absolute Gasteiger partial charge is 0.454 e. The zero-order chi connectivity index (χ0) is 21.3. The molecule has 29 heavy (non-hydrogen) atoms. The molecule has 0 spiro atoms. The van der Waals surface area contributed by atoms with Crippen LogP contribution in [0.1, 0.15) is 6.42 Å². The highest BCUT2D eigenvalue weighted by atomic mass is 35.5. The van der Waals surface area contributed by atoms with E-state index in [4.69, 9.17) is 16.3 Å². The van der Waals surface area contributed by atoms with Crippen LogP contribution in [0.15, 0.2) is 59.5 Å². The summed E-state index contributed by atoms with van der Waals surface area (Å²) < 4.78 is 32.5. The molecule has 0 radical (unpaired) electrons. The number of carbonyl (C=O) groups is 2. The van der Waals surface area contributed by atoms with Gasteiger partial charge in [-0.3, -0.25) is 9.59 Å². The molecule has 156 valence electrons. The minimum Gasteiger partial charge on any atom is -0.454 e. The van der Waals surface area contributed by atoms with Gasteiger partial charge in [0.15, 0.2) is 6.61 Å². The summed E-state index contributed by atoms with van der Waals surface area (Å²) in [6, 6.07) is 13.2. The number of hydrogen-bond acceptors (Lipinski definition) is 6. The van der Waals surface area contributed by atoms with E-state index in [0.29, 0.717) is 16.5 Å². The molecule has 2 aromatic rings. The number of para-hydroxylation sites is 1. The van der Waals surface area contributed by atoms with Crippen LogP contribution in [0.3, 0.4) is 0 Å². The summed E-state index contributed by atoms with van der Waals surface area (Å²) in [5.41, 5.74) is 0.566. The van der Waals surface area contributed by atoms with Gasteiger partial charge in [-0.25, -0.2) is 8.42 Å². The van der Waals surface area contributed by atoms with Crippen molar-refractivity contribution >= 4 is 50.9 Å². The molecule has 2 aromatic carbocycles. The maximum absolute atomic E-state index is 12.6. The summed E-state index contributed by atoms with van der Waals surface area (Å²) in [7, 11) is -3.96. The summed E-state index contributed by atoms with van der Waals surface area (Å²) in [6.45, 7) is -0.522. The number of carbonyl (C=O) groups excluding carboxylic acids is 2. The van der Waals surface area contributed by atoms with Crippen LogP contribution < -0.4 is 10.0 Å². The van der Waals surface area contributed by atoms with Crippen molar-refractivity contribution in [2.45, 2.75) is 17.4 Å². The normalized spacial score (nSPS) is 12.2. The van der Waals surface area contributed by atoms with Crippen molar-refractivity contribution in [3.63, 3.8) is 0 Å². The third kappa shape index (κ3) is 7.69. The molecule has 0 saturated carbocycles. The third-order valence-corrected chi connectivity index (χ3v) is 6.10. The van der Waals surface area contributed by atoms with Gasteiger partial charge in [0.1, 0.15) is 6.04 Å². The molecule has 1 unspecified atom stereocenters. The van der Waals surface area contributed by atoms with Gasteiger partial charge < -0.3 is 10.1 Å². The van der Waals surface area contributed by atoms with Gasteiger partial charge in [0, 0.05) is 10.7 Å². The molecule has 1 amide bonds. The number of sulfonamides is 1. The van der Waals surface area contributed by atoms with E-state index in [0.717, 1.165) is 0 Å². The van der Waals surface area contributed by atoms with Crippen LogP contribution >= 0.6 is 23.4 Å². The number of ether oxygens (including phenoxy) is 1. The minimum atomic E-state index is -3.96. The number of halogens is 1. The average Bonchev–Trinajstić information content (AvgIpc) is 2.70. The lowest BCUT2D eigenvalue weighted by Gasteiger charge is -2.17. The fourth-order valence-electron chi connectivity index (χ4n) is 2.29. The number of anilines is 1. The van der Waals surface area contributed by atoms with Crippen LogP contribution in [0.4, 0.5) is 5.69 Å². The average molecular weight is 457 g/mol. The molecule has 0 aliphatic carbocycles. The van der Waals surface area contributed by atoms with E-state index in [-0.39, 0.29) is 11.3 Å². The number of rotatable bonds is 10. The Bertz CT molecular complexity index is 921. The van der Waals surface area contributed by atoms with Crippen molar-refractivity contribution in [2.24, 2.45) is 0 Å². The second-order valence-electron chi connectivity index (χ2n) is 5.93. The molecular formula is C19H21ClN2O5S2. The van der Waals surface area contributed by atoms with Crippen LogP contribution in [0, 0.1) is 0 Å². The minimum absolute atomic E-state index is 0.0225. The molecule has 1 atom stereocenters. The van der Waals surface area contributed by atoms with Crippen LogP contribution in [-0.4, -0.2) is 45.0 Å². The first-order valence-corrected chi connectivity index (χ1v) is 11.9. The molecule has 10 heteroatoms. The Morgan fingerprint density at radius 2 is 1.76 bits per heavy atom. The lowest BCUT2D eigenvalue weighted by atomic mass is 10.2. The van der Waals surface area contributed by atoms with E-state index in [1.807, 2.05) is 6.26 Å². The van der Waals surface area contributed by atoms with E-state index in [1.54, 1.807) is 30.3 Å². The molecule has 0 aliphatic heterocycles. The number of thioether (sulfide) groups is 1. The first-order valence-electron chi connectivity index (χ1n) is 8.60. The second-order valence-corrected chi connectivity index (χ2v) is 9.07. The van der Waals surface area contributed by atoms with Crippen LogP contribution in [0.5, 0.6) is 0 Å². The van der Waals surface area contributed by atoms with E-state index in [9.17, 15) is 18.0 Å². The predicted octanol–water partition coefficient (Wildman–Crippen LogP) is 2.92. The summed E-state index contributed by atoms with van der Waals surface area (Å²) in [5.74, 6) is -0.812. The third-order valence-electron chi connectivity index (χ3n) is 3.72. The topological polar surface area (TPSA) is 102 Å². The summed E-state index contributed by atoms with van der Waals surface area (Å²) >= 11 is 7.24. The van der Waals surface area contributed by atoms with Crippen molar-refractivity contribution in [1.82, 2.24) is 4.72 Å². The molecule has 2 rings (SSSR count). The lowest BCUT2D eigenvalue weighted by molar-refractivity contribution is -0.149. The van der Waals surface area contributed by atoms with Gasteiger partial charge in [-0.15, -0.1) is 0 Å². The van der Waals surface area contributed by atoms with Gasteiger partial charge in [-0.2, -0.15) is 16.5 Å². The van der Waals surface area contributed by atoms with Crippen molar-refractivity contribution in [2.75, 3.05) is 23.9 Å². The first kappa shape index (κ1) is 23.2. The SMILES string of the molecule is CSCCC(NS(=O)(=O)c1ccc(Cl)cc1)C(=O)OCC(=O)Nc1ccccc1. The highest BCUT2D eigenvalue weighted by Gasteiger charge is 2.27. The second kappa shape index (κ2) is 11.2. The van der Waals surface area contributed by atoms with Crippen LogP contribution in [-0.2, 0) is 24.3 Å². The maximum atomic E-state index is 12.6. The Morgan fingerprint density at radius 3 is 2.38 bits per heavy atom. The Morgan fingerprint density at radius 1 is 1.10 bits per heavy atom. The van der Waals surface area contributed by atoms with Gasteiger partial charge in [-0.05, 0) is 54.8 Å². The molecule has 0 aromatic heterocycles. The number of benzene rings is 2. The lowest BCUT2D eigenvalue weighted by Crippen LogP contribution is -2.43. The van der Waals surface area contributed by atoms with Gasteiger partial charge in [0.25, 0.3) is 5.91 Å². The fourth-order valence-corrected chi connectivity index (χ4v) is 4.10. The highest BCUT2D eigenvalue weighted by molar-refractivity contribution is 7.98. The molecule has 0 aliphatic rings. The monoisotopic (exact) mass is 456 g/mol. The molecule has 7 nitrogen and oxygen atoms in total. The summed E-state index contributed by atoms with van der Waals surface area (Å²) in [4.78, 5) is 24.3. The number of esters is 1.